The van der Waals surface area contributed by atoms with E-state index in [9.17, 15) is 43.2 Å². The van der Waals surface area contributed by atoms with Crippen LogP contribution in [0.5, 0.6) is 0 Å². The largest absolute Gasteiger partial charge is 0.472 e. The summed E-state index contributed by atoms with van der Waals surface area (Å²) >= 11 is 0. The number of carbonyl (C=O) groups excluding carboxylic acids is 4. The smallest absolute Gasteiger partial charge is 0.462 e. The molecule has 0 rings (SSSR count). The molecule has 0 fully saturated rings. The van der Waals surface area contributed by atoms with E-state index in [-0.39, 0.29) is 25.7 Å². The van der Waals surface area contributed by atoms with Gasteiger partial charge in [0.05, 0.1) is 26.4 Å². The Hall–Kier alpha value is -1.94. The van der Waals surface area contributed by atoms with Crippen molar-refractivity contribution in [2.75, 3.05) is 39.6 Å². The number of rotatable bonds is 75. The van der Waals surface area contributed by atoms with Crippen LogP contribution in [0.2, 0.25) is 0 Å². The van der Waals surface area contributed by atoms with Crippen molar-refractivity contribution in [2.24, 2.45) is 11.8 Å². The summed E-state index contributed by atoms with van der Waals surface area (Å²) in [6.45, 7) is 9.61. The van der Waals surface area contributed by atoms with Gasteiger partial charge in [-0.05, 0) is 37.5 Å². The highest BCUT2D eigenvalue weighted by Gasteiger charge is 2.30. The first-order valence-electron chi connectivity index (χ1n) is 39.5. The average molecular weight is 1400 g/mol. The highest BCUT2D eigenvalue weighted by atomic mass is 31.2. The van der Waals surface area contributed by atoms with Crippen LogP contribution in [0.15, 0.2) is 0 Å². The highest BCUT2D eigenvalue weighted by molar-refractivity contribution is 7.47. The number of unbranched alkanes of at least 4 members (excludes halogenated alkanes) is 44. The molecule has 0 amide bonds. The predicted molar refractivity (Wildman–Crippen MR) is 386 cm³/mol. The van der Waals surface area contributed by atoms with Gasteiger partial charge in [-0.2, -0.15) is 0 Å². The summed E-state index contributed by atoms with van der Waals surface area (Å²) in [6, 6.07) is 0. The minimum atomic E-state index is -4.96. The molecule has 0 saturated carbocycles. The normalized spacial score (nSPS) is 14.3. The lowest BCUT2D eigenvalue weighted by Gasteiger charge is -2.21. The Morgan fingerprint density at radius 3 is 0.800 bits per heavy atom. The van der Waals surface area contributed by atoms with E-state index in [0.717, 1.165) is 102 Å². The van der Waals surface area contributed by atoms with Crippen molar-refractivity contribution >= 4 is 39.5 Å². The summed E-state index contributed by atoms with van der Waals surface area (Å²) < 4.78 is 68.5. The van der Waals surface area contributed by atoms with Gasteiger partial charge in [-0.3, -0.25) is 37.3 Å². The molecule has 0 aliphatic heterocycles. The molecule has 3 unspecified atom stereocenters. The molecule has 0 aromatic rings. The molecule has 564 valence electrons. The third-order valence-corrected chi connectivity index (χ3v) is 20.0. The molecule has 0 aromatic heterocycles. The van der Waals surface area contributed by atoms with Crippen molar-refractivity contribution in [1.29, 1.82) is 0 Å². The molecule has 0 bridgehead atoms. The zero-order valence-electron chi connectivity index (χ0n) is 62.0. The van der Waals surface area contributed by atoms with Gasteiger partial charge in [-0.25, -0.2) is 9.13 Å². The van der Waals surface area contributed by atoms with Gasteiger partial charge < -0.3 is 33.8 Å². The van der Waals surface area contributed by atoms with E-state index in [4.69, 9.17) is 37.0 Å². The van der Waals surface area contributed by atoms with Gasteiger partial charge in [0, 0.05) is 25.7 Å². The summed E-state index contributed by atoms with van der Waals surface area (Å²) in [6.07, 6.45) is 55.4. The second kappa shape index (κ2) is 67.9. The molecule has 19 heteroatoms. The summed E-state index contributed by atoms with van der Waals surface area (Å²) in [5.41, 5.74) is 0. The number of phosphoric acid groups is 2. The van der Waals surface area contributed by atoms with E-state index in [1.54, 1.807) is 0 Å². The van der Waals surface area contributed by atoms with Crippen LogP contribution in [-0.4, -0.2) is 96.7 Å². The fraction of sp³-hybridized carbons (Fsp3) is 0.947. The van der Waals surface area contributed by atoms with Crippen molar-refractivity contribution in [3.63, 3.8) is 0 Å². The molecule has 95 heavy (non-hydrogen) atoms. The number of aliphatic hydroxyl groups is 1. The molecule has 0 heterocycles. The highest BCUT2D eigenvalue weighted by Crippen LogP contribution is 2.45. The zero-order valence-corrected chi connectivity index (χ0v) is 63.8. The van der Waals surface area contributed by atoms with E-state index in [0.29, 0.717) is 25.7 Å². The SMILES string of the molecule is CCCCCCCCCCCCCCCCCCC(=O)OC[C@H](COP(=O)(O)OC[C@@H](O)COP(=O)(O)OC[C@@H](COC(=O)CCCCCCCCCCC)OC(=O)CCCCCCCCCCC(C)CC)OC(=O)CCCCCCCCCCCCCCCCCC(C)C. The summed E-state index contributed by atoms with van der Waals surface area (Å²) in [5, 5.41) is 10.6. The summed E-state index contributed by atoms with van der Waals surface area (Å²) in [5.74, 6) is -0.545. The van der Waals surface area contributed by atoms with Gasteiger partial charge in [0.25, 0.3) is 0 Å². The molecular weight excluding hydrogens is 1250 g/mol. The van der Waals surface area contributed by atoms with Crippen molar-refractivity contribution < 1.29 is 80.2 Å². The Kier molecular flexibility index (Phi) is 66.5. The number of hydrogen-bond donors (Lipinski definition) is 3. The maximum absolute atomic E-state index is 13.1. The molecule has 0 aliphatic rings. The molecule has 3 N–H and O–H groups in total. The third kappa shape index (κ3) is 69.0. The monoisotopic (exact) mass is 1400 g/mol. The maximum atomic E-state index is 13.1. The van der Waals surface area contributed by atoms with E-state index in [1.807, 2.05) is 0 Å². The first-order valence-corrected chi connectivity index (χ1v) is 42.5. The Bertz CT molecular complexity index is 1840. The number of ether oxygens (including phenoxy) is 4. The lowest BCUT2D eigenvalue weighted by atomic mass is 9.99. The Labute approximate surface area is 581 Å². The minimum absolute atomic E-state index is 0.105. The van der Waals surface area contributed by atoms with Crippen molar-refractivity contribution in [3.8, 4) is 0 Å². The second-order valence-corrected chi connectivity index (χ2v) is 31.0. The van der Waals surface area contributed by atoms with E-state index >= 15 is 0 Å². The molecule has 0 saturated heterocycles. The maximum Gasteiger partial charge on any atom is 0.472 e. The molecule has 6 atom stereocenters. The van der Waals surface area contributed by atoms with Crippen LogP contribution in [0.4, 0.5) is 0 Å². The number of hydrogen-bond acceptors (Lipinski definition) is 15. The van der Waals surface area contributed by atoms with Crippen LogP contribution < -0.4 is 0 Å². The van der Waals surface area contributed by atoms with Gasteiger partial charge in [0.2, 0.25) is 0 Å². The number of phosphoric ester groups is 2. The topological polar surface area (TPSA) is 237 Å². The number of carbonyl (C=O) groups is 4. The van der Waals surface area contributed by atoms with E-state index in [1.165, 1.54) is 212 Å². The van der Waals surface area contributed by atoms with E-state index in [2.05, 4.69) is 41.5 Å². The summed E-state index contributed by atoms with van der Waals surface area (Å²) in [4.78, 5) is 72.8. The van der Waals surface area contributed by atoms with Gasteiger partial charge in [0.15, 0.2) is 12.2 Å². The molecule has 0 spiro atoms. The first-order chi connectivity index (χ1) is 45.9. The van der Waals surface area contributed by atoms with Crippen LogP contribution >= 0.6 is 15.6 Å². The Balaban J connectivity index is 5.23. The molecule has 0 aromatic carbocycles. The first kappa shape index (κ1) is 93.1. The fourth-order valence-corrected chi connectivity index (χ4v) is 13.2. The van der Waals surface area contributed by atoms with Crippen molar-refractivity contribution in [1.82, 2.24) is 0 Å². The molecular formula is C76H148O17P2. The Morgan fingerprint density at radius 1 is 0.305 bits per heavy atom. The van der Waals surface area contributed by atoms with Gasteiger partial charge in [0.1, 0.15) is 19.3 Å². The number of aliphatic hydroxyl groups excluding tert-OH is 1. The van der Waals surface area contributed by atoms with Crippen LogP contribution in [0.1, 0.15) is 395 Å². The lowest BCUT2D eigenvalue weighted by molar-refractivity contribution is -0.161. The van der Waals surface area contributed by atoms with Crippen LogP contribution in [0.25, 0.3) is 0 Å². The van der Waals surface area contributed by atoms with Crippen molar-refractivity contribution in [3.05, 3.63) is 0 Å². The van der Waals surface area contributed by atoms with Crippen LogP contribution in [-0.2, 0) is 65.4 Å². The third-order valence-electron chi connectivity index (χ3n) is 18.1. The minimum Gasteiger partial charge on any atom is -0.462 e. The van der Waals surface area contributed by atoms with Gasteiger partial charge >= 0.3 is 39.5 Å². The molecule has 17 nitrogen and oxygen atoms in total. The van der Waals surface area contributed by atoms with E-state index < -0.39 is 97.5 Å². The van der Waals surface area contributed by atoms with Crippen molar-refractivity contribution in [2.45, 2.75) is 413 Å². The zero-order chi connectivity index (χ0) is 70.0. The summed E-state index contributed by atoms with van der Waals surface area (Å²) in [7, 11) is -9.91. The van der Waals surface area contributed by atoms with Gasteiger partial charge in [-0.15, -0.1) is 0 Å². The van der Waals surface area contributed by atoms with Crippen LogP contribution in [0, 0.1) is 11.8 Å². The standard InChI is InChI=1S/C76H148O17P2/c1-7-10-12-14-16-18-19-20-21-24-27-30-34-41-47-53-59-74(79)87-65-71(92-75(80)60-54-48-42-35-31-28-25-22-23-26-29-33-38-44-50-56-68(4)5)66-90-94(82,83)88-62-70(77)63-89-95(84,85)91-67-72(64-86-73(78)58-52-46-40-32-17-15-13-11-8-2)93-76(81)61-55-49-43-37-36-39-45-51-57-69(6)9-3/h68-72,77H,7-67H2,1-6H3,(H,82,83)(H,84,85)/t69?,70-,71-,72-/m1/s1. The average Bonchev–Trinajstić information content (AvgIpc) is 1.80. The molecule has 0 radical (unpaired) electrons. The fourth-order valence-electron chi connectivity index (χ4n) is 11.6. The Morgan fingerprint density at radius 2 is 0.537 bits per heavy atom. The van der Waals surface area contributed by atoms with Crippen LogP contribution in [0.3, 0.4) is 0 Å². The van der Waals surface area contributed by atoms with Gasteiger partial charge in [-0.1, -0.05) is 343 Å². The molecule has 0 aliphatic carbocycles. The second-order valence-electron chi connectivity index (χ2n) is 28.1. The lowest BCUT2D eigenvalue weighted by Crippen LogP contribution is -2.30. The predicted octanol–water partition coefficient (Wildman–Crippen LogP) is 22.3. The number of esters is 4. The quantitative estimate of drug-likeness (QED) is 0.0222.